The molecule has 0 spiro atoms. The number of fused-ring (bicyclic) bond motifs is 1. The van der Waals surface area contributed by atoms with Gasteiger partial charge in [0.1, 0.15) is 11.4 Å². The van der Waals surface area contributed by atoms with Gasteiger partial charge in [0.05, 0.1) is 14.2 Å². The van der Waals surface area contributed by atoms with Crippen LogP contribution in [-0.2, 0) is 9.53 Å². The summed E-state index contributed by atoms with van der Waals surface area (Å²) in [7, 11) is 2.93. The van der Waals surface area contributed by atoms with Crippen LogP contribution < -0.4 is 4.74 Å². The largest absolute Gasteiger partial charge is 0.494 e. The summed E-state index contributed by atoms with van der Waals surface area (Å²) in [6.45, 7) is 0. The van der Waals surface area contributed by atoms with Crippen molar-refractivity contribution >= 4 is 28.1 Å². The zero-order valence-corrected chi connectivity index (χ0v) is 13.5. The molecule has 24 heavy (non-hydrogen) atoms. The van der Waals surface area contributed by atoms with Crippen molar-refractivity contribution in [1.29, 1.82) is 0 Å². The van der Waals surface area contributed by atoms with E-state index in [1.165, 1.54) is 7.11 Å². The van der Waals surface area contributed by atoms with Crippen LogP contribution in [0.1, 0.15) is 5.56 Å². The predicted molar refractivity (Wildman–Crippen MR) is 95.2 cm³/mol. The van der Waals surface area contributed by atoms with E-state index in [4.69, 9.17) is 9.47 Å². The molecule has 0 fully saturated rings. The maximum Gasteiger partial charge on any atom is 0.357 e. The average molecular weight is 319 g/mol. The van der Waals surface area contributed by atoms with E-state index in [0.717, 1.165) is 16.3 Å². The minimum atomic E-state index is -0.489. The third kappa shape index (κ3) is 2.99. The monoisotopic (exact) mass is 319 g/mol. The van der Waals surface area contributed by atoms with Gasteiger partial charge in [-0.1, -0.05) is 54.6 Å². The van der Waals surface area contributed by atoms with Crippen molar-refractivity contribution < 1.29 is 14.3 Å². The molecular formula is C20H17NO3. The quantitative estimate of drug-likeness (QED) is 0.536. The zero-order chi connectivity index (χ0) is 16.9. The molecule has 4 nitrogen and oxygen atoms in total. The summed E-state index contributed by atoms with van der Waals surface area (Å²) in [5.74, 6) is 0.108. The van der Waals surface area contributed by atoms with Crippen molar-refractivity contribution in [2.45, 2.75) is 0 Å². The number of carbonyl (C=O) groups is 1. The number of rotatable bonds is 4. The highest BCUT2D eigenvalue weighted by Gasteiger charge is 2.18. The van der Waals surface area contributed by atoms with Crippen molar-refractivity contribution in [1.82, 2.24) is 0 Å². The second-order valence-corrected chi connectivity index (χ2v) is 5.15. The van der Waals surface area contributed by atoms with Crippen molar-refractivity contribution in [2.75, 3.05) is 14.2 Å². The molecule has 0 aromatic heterocycles. The van der Waals surface area contributed by atoms with Crippen molar-refractivity contribution in [2.24, 2.45) is 4.99 Å². The SMILES string of the molecule is COC(=O)C(=Nc1ccccc1OC)c1cccc2ccccc12. The van der Waals surface area contributed by atoms with E-state index in [1.54, 1.807) is 19.2 Å². The van der Waals surface area contributed by atoms with E-state index in [0.29, 0.717) is 11.4 Å². The van der Waals surface area contributed by atoms with Gasteiger partial charge in [0.15, 0.2) is 5.71 Å². The Morgan fingerprint density at radius 3 is 2.38 bits per heavy atom. The smallest absolute Gasteiger partial charge is 0.357 e. The van der Waals surface area contributed by atoms with E-state index in [1.807, 2.05) is 54.6 Å². The van der Waals surface area contributed by atoms with Gasteiger partial charge < -0.3 is 9.47 Å². The third-order valence-corrected chi connectivity index (χ3v) is 3.74. The Kier molecular flexibility index (Phi) is 4.57. The maximum atomic E-state index is 12.4. The lowest BCUT2D eigenvalue weighted by Crippen LogP contribution is -2.17. The van der Waals surface area contributed by atoms with E-state index in [-0.39, 0.29) is 5.71 Å². The lowest BCUT2D eigenvalue weighted by Gasteiger charge is -2.10. The molecule has 120 valence electrons. The van der Waals surface area contributed by atoms with Gasteiger partial charge in [-0.05, 0) is 22.9 Å². The Labute approximate surface area is 140 Å². The number of esters is 1. The van der Waals surface area contributed by atoms with Crippen LogP contribution in [0.2, 0.25) is 0 Å². The zero-order valence-electron chi connectivity index (χ0n) is 13.5. The van der Waals surface area contributed by atoms with Crippen LogP contribution >= 0.6 is 0 Å². The molecule has 0 amide bonds. The molecule has 0 aliphatic carbocycles. The first-order valence-corrected chi connectivity index (χ1v) is 7.52. The lowest BCUT2D eigenvalue weighted by molar-refractivity contribution is -0.132. The first-order valence-electron chi connectivity index (χ1n) is 7.52. The van der Waals surface area contributed by atoms with Crippen molar-refractivity contribution in [3.05, 3.63) is 72.3 Å². The van der Waals surface area contributed by atoms with Crippen LogP contribution in [0.5, 0.6) is 5.75 Å². The van der Waals surface area contributed by atoms with Crippen LogP contribution in [0.15, 0.2) is 71.7 Å². The molecular weight excluding hydrogens is 302 g/mol. The average Bonchev–Trinajstić information content (AvgIpc) is 2.65. The topological polar surface area (TPSA) is 47.9 Å². The Morgan fingerprint density at radius 1 is 0.875 bits per heavy atom. The number of methoxy groups -OCH3 is 2. The number of aliphatic imine (C=N–C) groups is 1. The molecule has 0 saturated carbocycles. The summed E-state index contributed by atoms with van der Waals surface area (Å²) in [5.41, 5.74) is 1.55. The fraction of sp³-hybridized carbons (Fsp3) is 0.100. The summed E-state index contributed by atoms with van der Waals surface area (Å²) in [6, 6.07) is 20.9. The minimum Gasteiger partial charge on any atom is -0.494 e. The molecule has 3 aromatic carbocycles. The first kappa shape index (κ1) is 15.7. The number of hydrogen-bond donors (Lipinski definition) is 0. The Bertz CT molecular complexity index is 910. The number of nitrogens with zero attached hydrogens (tertiary/aromatic N) is 1. The van der Waals surface area contributed by atoms with Gasteiger partial charge in [-0.25, -0.2) is 9.79 Å². The molecule has 4 heteroatoms. The number of ether oxygens (including phenoxy) is 2. The molecule has 0 saturated heterocycles. The van der Waals surface area contributed by atoms with E-state index >= 15 is 0 Å². The lowest BCUT2D eigenvalue weighted by atomic mass is 10.0. The van der Waals surface area contributed by atoms with Gasteiger partial charge in [0.2, 0.25) is 0 Å². The molecule has 3 rings (SSSR count). The highest BCUT2D eigenvalue weighted by atomic mass is 16.5. The second kappa shape index (κ2) is 6.96. The summed E-state index contributed by atoms with van der Waals surface area (Å²) < 4.78 is 10.3. The van der Waals surface area contributed by atoms with Gasteiger partial charge >= 0.3 is 5.97 Å². The van der Waals surface area contributed by atoms with Gasteiger partial charge in [-0.2, -0.15) is 0 Å². The highest BCUT2D eigenvalue weighted by molar-refractivity contribution is 6.45. The maximum absolute atomic E-state index is 12.4. The number of para-hydroxylation sites is 2. The van der Waals surface area contributed by atoms with Crippen LogP contribution in [0.4, 0.5) is 5.69 Å². The van der Waals surface area contributed by atoms with Crippen LogP contribution in [-0.4, -0.2) is 25.9 Å². The fourth-order valence-corrected chi connectivity index (χ4v) is 2.59. The van der Waals surface area contributed by atoms with Gasteiger partial charge in [0, 0.05) is 5.56 Å². The highest BCUT2D eigenvalue weighted by Crippen LogP contribution is 2.28. The van der Waals surface area contributed by atoms with Gasteiger partial charge in [0.25, 0.3) is 0 Å². The molecule has 0 aliphatic heterocycles. The Hall–Kier alpha value is -3.14. The second-order valence-electron chi connectivity index (χ2n) is 5.15. The molecule has 0 bridgehead atoms. The van der Waals surface area contributed by atoms with Gasteiger partial charge in [-0.15, -0.1) is 0 Å². The Balaban J connectivity index is 2.24. The minimum absolute atomic E-state index is 0.249. The van der Waals surface area contributed by atoms with Crippen molar-refractivity contribution in [3.8, 4) is 5.75 Å². The molecule has 0 radical (unpaired) electrons. The summed E-state index contributed by atoms with van der Waals surface area (Å²) in [5, 5.41) is 1.98. The summed E-state index contributed by atoms with van der Waals surface area (Å²) >= 11 is 0. The van der Waals surface area contributed by atoms with Crippen LogP contribution in [0.3, 0.4) is 0 Å². The summed E-state index contributed by atoms with van der Waals surface area (Å²) in [4.78, 5) is 16.9. The molecule has 3 aromatic rings. The van der Waals surface area contributed by atoms with Gasteiger partial charge in [-0.3, -0.25) is 0 Å². The predicted octanol–water partition coefficient (Wildman–Crippen LogP) is 4.14. The van der Waals surface area contributed by atoms with E-state index < -0.39 is 5.97 Å². The molecule has 0 aliphatic rings. The molecule has 0 N–H and O–H groups in total. The molecule has 0 unspecified atom stereocenters. The first-order chi connectivity index (χ1) is 11.7. The van der Waals surface area contributed by atoms with Crippen LogP contribution in [0.25, 0.3) is 10.8 Å². The van der Waals surface area contributed by atoms with E-state index in [2.05, 4.69) is 4.99 Å². The number of hydrogen-bond acceptors (Lipinski definition) is 4. The Morgan fingerprint density at radius 2 is 1.58 bits per heavy atom. The number of carbonyl (C=O) groups excluding carboxylic acids is 1. The fourth-order valence-electron chi connectivity index (χ4n) is 2.59. The molecule has 0 atom stereocenters. The third-order valence-electron chi connectivity index (χ3n) is 3.74. The summed E-state index contributed by atoms with van der Waals surface area (Å²) in [6.07, 6.45) is 0. The normalized spacial score (nSPS) is 11.3. The number of benzene rings is 3. The molecule has 0 heterocycles. The van der Waals surface area contributed by atoms with Crippen LogP contribution in [0, 0.1) is 0 Å². The van der Waals surface area contributed by atoms with E-state index in [9.17, 15) is 4.79 Å². The standard InChI is InChI=1S/C20H17NO3/c1-23-18-13-6-5-12-17(18)21-19(20(22)24-2)16-11-7-9-14-8-3-4-10-15(14)16/h3-13H,1-2H3. The van der Waals surface area contributed by atoms with Crippen molar-refractivity contribution in [3.63, 3.8) is 0 Å².